The fourth-order valence-electron chi connectivity index (χ4n) is 1.60. The Bertz CT molecular complexity index is 435. The minimum absolute atomic E-state index is 0.446. The maximum Gasteiger partial charge on any atom is 0.116 e. The lowest BCUT2D eigenvalue weighted by molar-refractivity contribution is 0.849. The molecule has 0 radical (unpaired) electrons. The van der Waals surface area contributed by atoms with E-state index in [1.807, 2.05) is 24.4 Å². The first-order valence-corrected chi connectivity index (χ1v) is 5.14. The average molecular weight is 198 g/mol. The highest BCUT2D eigenvalue weighted by molar-refractivity contribution is 5.62. The van der Waals surface area contributed by atoms with Crippen LogP contribution in [0.1, 0.15) is 25.3 Å². The molecule has 0 atom stereocenters. The van der Waals surface area contributed by atoms with Gasteiger partial charge in [-0.1, -0.05) is 44.2 Å². The number of rotatable bonds is 2. The third-order valence-electron chi connectivity index (χ3n) is 2.41. The smallest absolute Gasteiger partial charge is 0.116 e. The van der Waals surface area contributed by atoms with Crippen LogP contribution < -0.4 is 0 Å². The average Bonchev–Trinajstić information content (AvgIpc) is 2.30. The summed E-state index contributed by atoms with van der Waals surface area (Å²) < 4.78 is 0. The van der Waals surface area contributed by atoms with Crippen molar-refractivity contribution in [3.8, 4) is 11.3 Å². The second-order valence-electron chi connectivity index (χ2n) is 3.85. The fraction of sp³-hybridized carbons (Fsp3) is 0.231. The molecule has 0 N–H and O–H groups in total. The molecule has 0 spiro atoms. The summed E-state index contributed by atoms with van der Waals surface area (Å²) in [4.78, 5) is 8.44. The number of nitrogens with zero attached hydrogens (tertiary/aromatic N) is 2. The zero-order chi connectivity index (χ0) is 10.7. The molecule has 0 aliphatic rings. The van der Waals surface area contributed by atoms with Crippen LogP contribution in [0.15, 0.2) is 42.9 Å². The summed E-state index contributed by atoms with van der Waals surface area (Å²) in [6, 6.07) is 10.2. The van der Waals surface area contributed by atoms with Gasteiger partial charge in [-0.05, 0) is 11.5 Å². The van der Waals surface area contributed by atoms with Crippen molar-refractivity contribution >= 4 is 0 Å². The van der Waals surface area contributed by atoms with Crippen molar-refractivity contribution in [1.82, 2.24) is 9.97 Å². The second kappa shape index (κ2) is 4.22. The predicted molar refractivity (Wildman–Crippen MR) is 61.6 cm³/mol. The molecule has 0 amide bonds. The van der Waals surface area contributed by atoms with E-state index in [0.717, 1.165) is 11.3 Å². The molecule has 0 bridgehead atoms. The van der Waals surface area contributed by atoms with Crippen molar-refractivity contribution in [3.63, 3.8) is 0 Å². The molecule has 0 saturated carbocycles. The maximum absolute atomic E-state index is 4.36. The van der Waals surface area contributed by atoms with E-state index in [4.69, 9.17) is 0 Å². The van der Waals surface area contributed by atoms with E-state index in [2.05, 4.69) is 35.9 Å². The van der Waals surface area contributed by atoms with Crippen molar-refractivity contribution in [1.29, 1.82) is 0 Å². The highest BCUT2D eigenvalue weighted by atomic mass is 14.8. The number of hydrogen-bond acceptors (Lipinski definition) is 2. The van der Waals surface area contributed by atoms with Crippen LogP contribution in [0.5, 0.6) is 0 Å². The molecule has 2 rings (SSSR count). The van der Waals surface area contributed by atoms with Gasteiger partial charge in [-0.15, -0.1) is 0 Å². The van der Waals surface area contributed by atoms with Gasteiger partial charge in [0.1, 0.15) is 6.33 Å². The van der Waals surface area contributed by atoms with Gasteiger partial charge in [0.15, 0.2) is 0 Å². The zero-order valence-corrected chi connectivity index (χ0v) is 9.01. The largest absolute Gasteiger partial charge is 0.244 e. The Morgan fingerprint density at radius 1 is 1.07 bits per heavy atom. The second-order valence-corrected chi connectivity index (χ2v) is 3.85. The Balaban J connectivity index is 2.53. The van der Waals surface area contributed by atoms with E-state index in [1.54, 1.807) is 6.33 Å². The van der Waals surface area contributed by atoms with E-state index in [0.29, 0.717) is 5.92 Å². The lowest BCUT2D eigenvalue weighted by Gasteiger charge is -2.10. The first-order chi connectivity index (χ1) is 7.29. The van der Waals surface area contributed by atoms with Gasteiger partial charge in [0, 0.05) is 11.8 Å². The van der Waals surface area contributed by atoms with Crippen LogP contribution >= 0.6 is 0 Å². The summed E-state index contributed by atoms with van der Waals surface area (Å²) in [5.74, 6) is 0.446. The third-order valence-corrected chi connectivity index (χ3v) is 2.41. The summed E-state index contributed by atoms with van der Waals surface area (Å²) in [7, 11) is 0. The Morgan fingerprint density at radius 3 is 2.47 bits per heavy atom. The van der Waals surface area contributed by atoms with E-state index >= 15 is 0 Å². The number of hydrogen-bond donors (Lipinski definition) is 0. The van der Waals surface area contributed by atoms with Crippen LogP contribution in [0.2, 0.25) is 0 Å². The lowest BCUT2D eigenvalue weighted by Crippen LogP contribution is -1.96. The molecule has 76 valence electrons. The molecule has 0 fully saturated rings. The van der Waals surface area contributed by atoms with Gasteiger partial charge in [-0.2, -0.15) is 0 Å². The Kier molecular flexibility index (Phi) is 2.77. The quantitative estimate of drug-likeness (QED) is 0.740. The Hall–Kier alpha value is -1.70. The van der Waals surface area contributed by atoms with E-state index in [-0.39, 0.29) is 0 Å². The van der Waals surface area contributed by atoms with Gasteiger partial charge in [-0.25, -0.2) is 9.97 Å². The van der Waals surface area contributed by atoms with Gasteiger partial charge < -0.3 is 0 Å². The van der Waals surface area contributed by atoms with Gasteiger partial charge in [0.25, 0.3) is 0 Å². The molecule has 1 aromatic carbocycles. The summed E-state index contributed by atoms with van der Waals surface area (Å²) in [5.41, 5.74) is 3.40. The SMILES string of the molecule is CC(C)c1cncnc1-c1ccccc1. The first kappa shape index (κ1) is 9.84. The van der Waals surface area contributed by atoms with E-state index < -0.39 is 0 Å². The van der Waals surface area contributed by atoms with Crippen LogP contribution in [0.4, 0.5) is 0 Å². The molecule has 2 heteroatoms. The molecule has 1 heterocycles. The van der Waals surface area contributed by atoms with Crippen molar-refractivity contribution in [2.45, 2.75) is 19.8 Å². The molecular weight excluding hydrogens is 184 g/mol. The van der Waals surface area contributed by atoms with Gasteiger partial charge in [-0.3, -0.25) is 0 Å². The third kappa shape index (κ3) is 2.04. The topological polar surface area (TPSA) is 25.8 Å². The molecule has 0 saturated heterocycles. The van der Waals surface area contributed by atoms with Crippen LogP contribution in [0, 0.1) is 0 Å². The fourth-order valence-corrected chi connectivity index (χ4v) is 1.60. The monoisotopic (exact) mass is 198 g/mol. The maximum atomic E-state index is 4.36. The first-order valence-electron chi connectivity index (χ1n) is 5.14. The van der Waals surface area contributed by atoms with Crippen LogP contribution in [-0.4, -0.2) is 9.97 Å². The molecule has 0 unspecified atom stereocenters. The molecule has 0 aliphatic heterocycles. The predicted octanol–water partition coefficient (Wildman–Crippen LogP) is 3.27. The highest BCUT2D eigenvalue weighted by Crippen LogP contribution is 2.25. The molecule has 0 aliphatic carbocycles. The van der Waals surface area contributed by atoms with Crippen molar-refractivity contribution < 1.29 is 0 Å². The van der Waals surface area contributed by atoms with Gasteiger partial charge in [0.2, 0.25) is 0 Å². The Labute approximate surface area is 90.0 Å². The molecule has 2 nitrogen and oxygen atoms in total. The molecular formula is C13H14N2. The summed E-state index contributed by atoms with van der Waals surface area (Å²) in [6.45, 7) is 4.32. The van der Waals surface area contributed by atoms with E-state index in [9.17, 15) is 0 Å². The number of aromatic nitrogens is 2. The van der Waals surface area contributed by atoms with Gasteiger partial charge in [0.05, 0.1) is 5.69 Å². The van der Waals surface area contributed by atoms with Crippen molar-refractivity contribution in [2.24, 2.45) is 0 Å². The number of benzene rings is 1. The highest BCUT2D eigenvalue weighted by Gasteiger charge is 2.08. The lowest BCUT2D eigenvalue weighted by atomic mass is 9.99. The molecule has 1 aromatic heterocycles. The van der Waals surface area contributed by atoms with Crippen molar-refractivity contribution in [3.05, 3.63) is 48.4 Å². The van der Waals surface area contributed by atoms with Gasteiger partial charge >= 0.3 is 0 Å². The summed E-state index contributed by atoms with van der Waals surface area (Å²) in [5, 5.41) is 0. The van der Waals surface area contributed by atoms with Crippen molar-refractivity contribution in [2.75, 3.05) is 0 Å². The van der Waals surface area contributed by atoms with E-state index in [1.165, 1.54) is 5.56 Å². The summed E-state index contributed by atoms with van der Waals surface area (Å²) >= 11 is 0. The zero-order valence-electron chi connectivity index (χ0n) is 9.01. The molecule has 15 heavy (non-hydrogen) atoms. The van der Waals surface area contributed by atoms with Crippen LogP contribution in [-0.2, 0) is 0 Å². The Morgan fingerprint density at radius 2 is 1.80 bits per heavy atom. The summed E-state index contributed by atoms with van der Waals surface area (Å²) in [6.07, 6.45) is 3.51. The standard InChI is InChI=1S/C13H14N2/c1-10(2)12-8-14-9-15-13(12)11-6-4-3-5-7-11/h3-10H,1-2H3. The normalized spacial score (nSPS) is 10.6. The minimum atomic E-state index is 0.446. The molecule has 2 aromatic rings. The minimum Gasteiger partial charge on any atom is -0.244 e. The van der Waals surface area contributed by atoms with Crippen LogP contribution in [0.25, 0.3) is 11.3 Å². The van der Waals surface area contributed by atoms with Crippen LogP contribution in [0.3, 0.4) is 0 Å².